The fraction of sp³-hybridized carbons (Fsp3) is 0.400. The lowest BCUT2D eigenvalue weighted by Crippen LogP contribution is -2.53. The van der Waals surface area contributed by atoms with Crippen molar-refractivity contribution in [3.63, 3.8) is 0 Å². The Morgan fingerprint density at radius 3 is 2.30 bits per heavy atom. The largest absolute Gasteiger partial charge is 0.451 e. The van der Waals surface area contributed by atoms with Crippen molar-refractivity contribution in [2.75, 3.05) is 39.9 Å². The maximum Gasteiger partial charge on any atom is 0.335 e. The van der Waals surface area contributed by atoms with Crippen LogP contribution in [-0.4, -0.2) is 96.0 Å². The van der Waals surface area contributed by atoms with E-state index in [1.54, 1.807) is 42.9 Å². The summed E-state index contributed by atoms with van der Waals surface area (Å²) in [5.74, 6) is -0.982. The monoisotopic (exact) mass is 548 g/mol. The molecule has 3 aromatic rings. The number of aromatic nitrogens is 2. The van der Waals surface area contributed by atoms with Crippen molar-refractivity contribution in [1.29, 1.82) is 0 Å². The second-order valence-electron chi connectivity index (χ2n) is 9.83. The average Bonchev–Trinajstić information content (AvgIpc) is 3.41. The summed E-state index contributed by atoms with van der Waals surface area (Å²) >= 11 is 0. The van der Waals surface area contributed by atoms with E-state index in [1.807, 2.05) is 55.5 Å². The lowest BCUT2D eigenvalue weighted by Gasteiger charge is -2.35. The Hall–Kier alpha value is -4.02. The first-order chi connectivity index (χ1) is 19.3. The summed E-state index contributed by atoms with van der Waals surface area (Å²) in [5, 5.41) is 8.41. The molecule has 3 unspecified atom stereocenters. The minimum absolute atomic E-state index is 0.0864. The van der Waals surface area contributed by atoms with Crippen LogP contribution in [0, 0.1) is 0 Å². The highest BCUT2D eigenvalue weighted by molar-refractivity contribution is 5.95. The van der Waals surface area contributed by atoms with E-state index in [-0.39, 0.29) is 24.5 Å². The fourth-order valence-corrected chi connectivity index (χ4v) is 4.33. The van der Waals surface area contributed by atoms with Crippen LogP contribution >= 0.6 is 0 Å². The number of fused-ring (bicyclic) bond motifs is 1. The van der Waals surface area contributed by atoms with Crippen molar-refractivity contribution in [1.82, 2.24) is 20.0 Å². The molecular formula is C30H36N4O6. The minimum Gasteiger partial charge on any atom is -0.451 e. The average molecular weight is 549 g/mol. The standard InChI is InChI=1S/C30H36N4O6/c1-20(38-4)19-39-22(3)30(37)40-21(2)28(35)33-15-17-34(18-16-33)29(36)24-12-9-23(10-13-24)11-14-27-25-7-5-6-8-26(25)31-32-27/h5-14,20-22H,15-19H2,1-4H3,(H,31,32)/b14-11+. The van der Waals surface area contributed by atoms with E-state index in [9.17, 15) is 14.4 Å². The molecule has 1 aliphatic heterocycles. The van der Waals surface area contributed by atoms with Crippen molar-refractivity contribution in [3.05, 3.63) is 65.4 Å². The van der Waals surface area contributed by atoms with E-state index < -0.39 is 18.2 Å². The minimum atomic E-state index is -0.944. The number of H-pyrrole nitrogens is 1. The Morgan fingerprint density at radius 2 is 1.60 bits per heavy atom. The molecule has 1 saturated heterocycles. The summed E-state index contributed by atoms with van der Waals surface area (Å²) in [6, 6.07) is 15.3. The Morgan fingerprint density at radius 1 is 0.925 bits per heavy atom. The van der Waals surface area contributed by atoms with Gasteiger partial charge in [-0.1, -0.05) is 36.4 Å². The molecule has 1 N–H and O–H groups in total. The van der Waals surface area contributed by atoms with Gasteiger partial charge in [0.25, 0.3) is 11.8 Å². The number of carbonyl (C=O) groups excluding carboxylic acids is 3. The molecule has 2 aromatic carbocycles. The van der Waals surface area contributed by atoms with Crippen LogP contribution in [0.15, 0.2) is 48.5 Å². The number of para-hydroxylation sites is 1. The molecule has 0 spiro atoms. The summed E-state index contributed by atoms with van der Waals surface area (Å²) in [7, 11) is 1.56. The van der Waals surface area contributed by atoms with Gasteiger partial charge in [0.05, 0.1) is 23.9 Å². The van der Waals surface area contributed by atoms with Crippen LogP contribution in [0.5, 0.6) is 0 Å². The first-order valence-electron chi connectivity index (χ1n) is 13.4. The summed E-state index contributed by atoms with van der Waals surface area (Å²) in [5.41, 5.74) is 3.37. The summed E-state index contributed by atoms with van der Waals surface area (Å²) in [4.78, 5) is 41.5. The number of benzene rings is 2. The lowest BCUT2D eigenvalue weighted by molar-refractivity contribution is -0.169. The van der Waals surface area contributed by atoms with Gasteiger partial charge in [-0.3, -0.25) is 14.7 Å². The highest BCUT2D eigenvalue weighted by atomic mass is 16.6. The Bertz CT molecular complexity index is 1340. The zero-order valence-electron chi connectivity index (χ0n) is 23.3. The molecule has 1 aromatic heterocycles. The number of hydrogen-bond donors (Lipinski definition) is 1. The van der Waals surface area contributed by atoms with Gasteiger partial charge in [0, 0.05) is 44.2 Å². The number of rotatable bonds is 10. The van der Waals surface area contributed by atoms with Crippen LogP contribution in [0.25, 0.3) is 23.1 Å². The van der Waals surface area contributed by atoms with Crippen LogP contribution in [0.3, 0.4) is 0 Å². The Kier molecular flexibility index (Phi) is 9.68. The van der Waals surface area contributed by atoms with Gasteiger partial charge in [-0.05, 0) is 50.6 Å². The maximum absolute atomic E-state index is 13.1. The molecule has 2 amide bonds. The van der Waals surface area contributed by atoms with Gasteiger partial charge in [0.1, 0.15) is 0 Å². The molecule has 10 nitrogen and oxygen atoms in total. The quantitative estimate of drug-likeness (QED) is 0.386. The predicted octanol–water partition coefficient (Wildman–Crippen LogP) is 3.39. The molecule has 2 heterocycles. The van der Waals surface area contributed by atoms with Crippen molar-refractivity contribution in [3.8, 4) is 0 Å². The van der Waals surface area contributed by atoms with Gasteiger partial charge >= 0.3 is 5.97 Å². The van der Waals surface area contributed by atoms with Crippen LogP contribution in [-0.2, 0) is 23.8 Å². The van der Waals surface area contributed by atoms with E-state index >= 15 is 0 Å². The van der Waals surface area contributed by atoms with Crippen molar-refractivity contribution >= 4 is 40.8 Å². The van der Waals surface area contributed by atoms with E-state index in [2.05, 4.69) is 10.2 Å². The van der Waals surface area contributed by atoms with E-state index in [4.69, 9.17) is 14.2 Å². The molecule has 4 rings (SSSR count). The number of aromatic amines is 1. The van der Waals surface area contributed by atoms with Crippen LogP contribution in [0.1, 0.15) is 42.4 Å². The lowest BCUT2D eigenvalue weighted by atomic mass is 10.1. The van der Waals surface area contributed by atoms with Gasteiger partial charge in [0.2, 0.25) is 0 Å². The smallest absolute Gasteiger partial charge is 0.335 e. The normalized spacial score (nSPS) is 16.2. The molecule has 1 fully saturated rings. The number of ether oxygens (including phenoxy) is 3. The van der Waals surface area contributed by atoms with Gasteiger partial charge in [0.15, 0.2) is 12.2 Å². The van der Waals surface area contributed by atoms with Gasteiger partial charge in [-0.25, -0.2) is 4.79 Å². The maximum atomic E-state index is 13.1. The second kappa shape index (κ2) is 13.4. The summed E-state index contributed by atoms with van der Waals surface area (Å²) in [6.45, 7) is 6.72. The number of hydrogen-bond acceptors (Lipinski definition) is 7. The fourth-order valence-electron chi connectivity index (χ4n) is 4.33. The number of methoxy groups -OCH3 is 1. The van der Waals surface area contributed by atoms with Crippen molar-refractivity contribution < 1.29 is 28.6 Å². The zero-order chi connectivity index (χ0) is 28.6. The van der Waals surface area contributed by atoms with Crippen LogP contribution in [0.2, 0.25) is 0 Å². The van der Waals surface area contributed by atoms with Crippen molar-refractivity contribution in [2.45, 2.75) is 39.1 Å². The van der Waals surface area contributed by atoms with Crippen LogP contribution < -0.4 is 0 Å². The van der Waals surface area contributed by atoms with Gasteiger partial charge < -0.3 is 24.0 Å². The third-order valence-corrected chi connectivity index (χ3v) is 6.93. The van der Waals surface area contributed by atoms with E-state index in [1.165, 1.54) is 0 Å². The molecule has 10 heteroatoms. The van der Waals surface area contributed by atoms with Crippen LogP contribution in [0.4, 0.5) is 0 Å². The first kappa shape index (κ1) is 29.0. The third-order valence-electron chi connectivity index (χ3n) is 6.93. The molecular weight excluding hydrogens is 512 g/mol. The van der Waals surface area contributed by atoms with Gasteiger partial charge in [-0.2, -0.15) is 5.10 Å². The summed E-state index contributed by atoms with van der Waals surface area (Å²) < 4.78 is 15.9. The van der Waals surface area contributed by atoms with Crippen molar-refractivity contribution in [2.24, 2.45) is 0 Å². The zero-order valence-corrected chi connectivity index (χ0v) is 23.3. The third kappa shape index (κ3) is 7.13. The molecule has 3 atom stereocenters. The number of nitrogens with one attached hydrogen (secondary N) is 1. The number of esters is 1. The molecule has 0 radical (unpaired) electrons. The van der Waals surface area contributed by atoms with E-state index in [0.29, 0.717) is 31.7 Å². The van der Waals surface area contributed by atoms with Gasteiger partial charge in [-0.15, -0.1) is 0 Å². The molecule has 0 saturated carbocycles. The number of nitrogens with zero attached hydrogens (tertiary/aromatic N) is 3. The first-order valence-corrected chi connectivity index (χ1v) is 13.4. The number of amides is 2. The Labute approximate surface area is 233 Å². The van der Waals surface area contributed by atoms with E-state index in [0.717, 1.165) is 22.2 Å². The molecule has 1 aliphatic rings. The highest BCUT2D eigenvalue weighted by Crippen LogP contribution is 2.18. The molecule has 0 bridgehead atoms. The molecule has 0 aliphatic carbocycles. The number of piperazine rings is 1. The topological polar surface area (TPSA) is 114 Å². The predicted molar refractivity (Wildman–Crippen MR) is 151 cm³/mol. The molecule has 212 valence electrons. The number of carbonyl (C=O) groups is 3. The highest BCUT2D eigenvalue weighted by Gasteiger charge is 2.30. The summed E-state index contributed by atoms with van der Waals surface area (Å²) in [6.07, 6.45) is 1.99. The molecule has 40 heavy (non-hydrogen) atoms. The SMILES string of the molecule is COC(C)COC(C)C(=O)OC(C)C(=O)N1CCN(C(=O)c2ccc(/C=C/c3n[nH]c4ccccc34)cc2)CC1. The second-order valence-corrected chi connectivity index (χ2v) is 9.83. The Balaban J connectivity index is 1.25.